The molecule has 260 valence electrons. The predicted molar refractivity (Wildman–Crippen MR) is 222 cm³/mol. The Labute approximate surface area is 321 Å². The highest BCUT2D eigenvalue weighted by molar-refractivity contribution is 5.83. The lowest BCUT2D eigenvalue weighted by molar-refractivity contribution is 0.915. The van der Waals surface area contributed by atoms with Gasteiger partial charge in [0.05, 0.1) is 34.4 Å². The smallest absolute Gasteiger partial charge is 0.160 e. The van der Waals surface area contributed by atoms with E-state index in [1.165, 1.54) is 0 Å². The molecule has 0 atom stereocenters. The highest BCUT2D eigenvalue weighted by atomic mass is 14.9. The molecule has 1 aliphatic carbocycles. The molecule has 9 rings (SSSR count). The van der Waals surface area contributed by atoms with Crippen LogP contribution in [0.15, 0.2) is 164 Å². The van der Waals surface area contributed by atoms with E-state index in [1.807, 2.05) is 78.9 Å². The van der Waals surface area contributed by atoms with Crippen molar-refractivity contribution in [3.05, 3.63) is 186 Å². The molecule has 0 unspecified atom stereocenters. The molecule has 0 bridgehead atoms. The van der Waals surface area contributed by atoms with Crippen LogP contribution in [0.4, 0.5) is 0 Å². The molecule has 1 aliphatic rings. The molecule has 0 saturated carbocycles. The molecule has 0 aliphatic heterocycles. The third-order valence-corrected chi connectivity index (χ3v) is 10.1. The number of allylic oxidation sites excluding steroid dienone is 1. The molecule has 0 fully saturated rings. The number of rotatable bonds is 7. The van der Waals surface area contributed by atoms with Gasteiger partial charge < -0.3 is 0 Å². The second-order valence-corrected chi connectivity index (χ2v) is 13.7. The lowest BCUT2D eigenvalue weighted by Gasteiger charge is -2.17. The minimum Gasteiger partial charge on any atom is -0.232 e. The highest BCUT2D eigenvalue weighted by Gasteiger charge is 2.19. The molecule has 0 N–H and O–H groups in total. The van der Waals surface area contributed by atoms with Crippen LogP contribution >= 0.6 is 0 Å². The van der Waals surface area contributed by atoms with Crippen LogP contribution in [0.1, 0.15) is 28.8 Å². The first-order valence-electron chi connectivity index (χ1n) is 18.5. The van der Waals surface area contributed by atoms with E-state index in [1.54, 1.807) is 0 Å². The molecular formula is C50H35N5. The standard InChI is InChI=1S/C50H35N5/c1-33-46(35-15-5-2-6-16-35)53-50(37-19-9-4-10-20-37)54-47(33)40-23-13-21-38(29-40)42-27-34(32-51)28-43(31-42)39-22-14-24-41(30-39)48-44-25-11-12-26-45(44)52-49(55-48)36-17-7-3-8-18-36/h2-11,13-25,27-31H,12,26H2,1H3. The Kier molecular flexibility index (Phi) is 8.91. The Balaban J connectivity index is 1.13. The molecule has 0 saturated heterocycles. The zero-order valence-corrected chi connectivity index (χ0v) is 30.3. The van der Waals surface area contributed by atoms with Crippen molar-refractivity contribution in [2.45, 2.75) is 19.8 Å². The molecule has 0 amide bonds. The van der Waals surface area contributed by atoms with Crippen LogP contribution in [-0.4, -0.2) is 19.9 Å². The van der Waals surface area contributed by atoms with Crippen LogP contribution in [0.3, 0.4) is 0 Å². The zero-order valence-electron chi connectivity index (χ0n) is 30.3. The largest absolute Gasteiger partial charge is 0.232 e. The van der Waals surface area contributed by atoms with Crippen molar-refractivity contribution >= 4 is 6.08 Å². The minimum atomic E-state index is 0.591. The van der Waals surface area contributed by atoms with Gasteiger partial charge in [-0.05, 0) is 72.4 Å². The first-order valence-corrected chi connectivity index (χ1v) is 18.5. The third-order valence-electron chi connectivity index (χ3n) is 10.1. The number of nitriles is 1. The van der Waals surface area contributed by atoms with Gasteiger partial charge in [-0.25, -0.2) is 19.9 Å². The van der Waals surface area contributed by atoms with Gasteiger partial charge in [0.2, 0.25) is 0 Å². The molecule has 55 heavy (non-hydrogen) atoms. The summed E-state index contributed by atoms with van der Waals surface area (Å²) in [5, 5.41) is 10.2. The molecular weight excluding hydrogens is 671 g/mol. The summed E-state index contributed by atoms with van der Waals surface area (Å²) in [7, 11) is 0. The topological polar surface area (TPSA) is 75.3 Å². The first kappa shape index (κ1) is 33.5. The molecule has 5 heteroatoms. The maximum absolute atomic E-state index is 10.2. The quantitative estimate of drug-likeness (QED) is 0.165. The number of nitrogens with zero attached hydrogens (tertiary/aromatic N) is 5. The summed E-state index contributed by atoms with van der Waals surface area (Å²) in [6.07, 6.45) is 6.19. The lowest BCUT2D eigenvalue weighted by atomic mass is 9.92. The molecule has 0 spiro atoms. The van der Waals surface area contributed by atoms with Gasteiger partial charge in [-0.3, -0.25) is 0 Å². The van der Waals surface area contributed by atoms with Gasteiger partial charge >= 0.3 is 0 Å². The summed E-state index contributed by atoms with van der Waals surface area (Å²) in [4.78, 5) is 20.3. The van der Waals surface area contributed by atoms with Crippen LogP contribution in [0.5, 0.6) is 0 Å². The maximum Gasteiger partial charge on any atom is 0.160 e. The van der Waals surface area contributed by atoms with Crippen molar-refractivity contribution in [2.75, 3.05) is 0 Å². The van der Waals surface area contributed by atoms with E-state index in [9.17, 15) is 5.26 Å². The van der Waals surface area contributed by atoms with Crippen molar-refractivity contribution in [1.82, 2.24) is 19.9 Å². The van der Waals surface area contributed by atoms with E-state index >= 15 is 0 Å². The number of hydrogen-bond donors (Lipinski definition) is 0. The summed E-state index contributed by atoms with van der Waals surface area (Å²) >= 11 is 0. The SMILES string of the molecule is Cc1c(-c2ccccc2)nc(-c2ccccc2)nc1-c1cccc(-c2cc(C#N)cc(-c3cccc(-c4nc(-c5ccccc5)nc5c4C=CCC5)c3)c2)c1. The van der Waals surface area contributed by atoms with E-state index in [-0.39, 0.29) is 0 Å². The Morgan fingerprint density at radius 2 is 0.909 bits per heavy atom. The molecule has 6 aromatic carbocycles. The fourth-order valence-electron chi connectivity index (χ4n) is 7.35. The third kappa shape index (κ3) is 6.74. The fourth-order valence-corrected chi connectivity index (χ4v) is 7.35. The Bertz CT molecular complexity index is 2770. The summed E-state index contributed by atoms with van der Waals surface area (Å²) in [6, 6.07) is 55.9. The highest BCUT2D eigenvalue weighted by Crippen LogP contribution is 2.37. The van der Waals surface area contributed by atoms with Gasteiger partial charge in [0.15, 0.2) is 11.6 Å². The van der Waals surface area contributed by atoms with Crippen molar-refractivity contribution < 1.29 is 0 Å². The van der Waals surface area contributed by atoms with Crippen LogP contribution in [0, 0.1) is 18.3 Å². The number of fused-ring (bicyclic) bond motifs is 1. The molecule has 2 aromatic heterocycles. The van der Waals surface area contributed by atoms with Gasteiger partial charge in [-0.2, -0.15) is 5.26 Å². The second-order valence-electron chi connectivity index (χ2n) is 13.7. The van der Waals surface area contributed by atoms with E-state index < -0.39 is 0 Å². The monoisotopic (exact) mass is 705 g/mol. The molecule has 5 nitrogen and oxygen atoms in total. The van der Waals surface area contributed by atoms with Gasteiger partial charge in [-0.15, -0.1) is 0 Å². The summed E-state index contributed by atoms with van der Waals surface area (Å²) in [6.45, 7) is 2.09. The summed E-state index contributed by atoms with van der Waals surface area (Å²) in [5.74, 6) is 1.41. The van der Waals surface area contributed by atoms with Crippen LogP contribution in [-0.2, 0) is 6.42 Å². The Morgan fingerprint density at radius 3 is 1.49 bits per heavy atom. The van der Waals surface area contributed by atoms with Gasteiger partial charge in [0, 0.05) is 38.9 Å². The van der Waals surface area contributed by atoms with Crippen LogP contribution in [0.2, 0.25) is 0 Å². The fraction of sp³-hybridized carbons (Fsp3) is 0.0600. The van der Waals surface area contributed by atoms with Crippen molar-refractivity contribution in [3.8, 4) is 84.9 Å². The Morgan fingerprint density at radius 1 is 0.455 bits per heavy atom. The maximum atomic E-state index is 10.2. The van der Waals surface area contributed by atoms with E-state index in [0.717, 1.165) is 103 Å². The van der Waals surface area contributed by atoms with E-state index in [2.05, 4.69) is 104 Å². The van der Waals surface area contributed by atoms with Crippen LogP contribution < -0.4 is 0 Å². The number of hydrogen-bond acceptors (Lipinski definition) is 5. The predicted octanol–water partition coefficient (Wildman–Crippen LogP) is 12.1. The first-order chi connectivity index (χ1) is 27.1. The van der Waals surface area contributed by atoms with E-state index in [4.69, 9.17) is 19.9 Å². The average molecular weight is 706 g/mol. The Hall–Kier alpha value is -7.29. The minimum absolute atomic E-state index is 0.591. The number of benzene rings is 6. The van der Waals surface area contributed by atoms with Crippen molar-refractivity contribution in [3.63, 3.8) is 0 Å². The van der Waals surface area contributed by atoms with Crippen molar-refractivity contribution in [2.24, 2.45) is 0 Å². The summed E-state index contributed by atoms with van der Waals surface area (Å²) < 4.78 is 0. The molecule has 8 aromatic rings. The van der Waals surface area contributed by atoms with E-state index in [0.29, 0.717) is 11.4 Å². The number of aromatic nitrogens is 4. The van der Waals surface area contributed by atoms with Gasteiger partial charge in [0.1, 0.15) is 0 Å². The normalized spacial score (nSPS) is 11.9. The van der Waals surface area contributed by atoms with Gasteiger partial charge in [0.25, 0.3) is 0 Å². The summed E-state index contributed by atoms with van der Waals surface area (Å²) in [5.41, 5.74) is 15.3. The molecule has 0 radical (unpaired) electrons. The lowest BCUT2D eigenvalue weighted by Crippen LogP contribution is -2.05. The van der Waals surface area contributed by atoms with Gasteiger partial charge in [-0.1, -0.05) is 140 Å². The van der Waals surface area contributed by atoms with Crippen LogP contribution in [0.25, 0.3) is 84.9 Å². The zero-order chi connectivity index (χ0) is 37.1. The van der Waals surface area contributed by atoms with Crippen molar-refractivity contribution in [1.29, 1.82) is 5.26 Å². The number of aryl methyl sites for hydroxylation is 1. The molecule has 2 heterocycles. The average Bonchev–Trinajstić information content (AvgIpc) is 3.27. The second kappa shape index (κ2) is 14.6.